The summed E-state index contributed by atoms with van der Waals surface area (Å²) >= 11 is 0. The quantitative estimate of drug-likeness (QED) is 0.655. The smallest absolute Gasteiger partial charge is 0.315 e. The van der Waals surface area contributed by atoms with E-state index in [1.54, 1.807) is 6.92 Å². The summed E-state index contributed by atoms with van der Waals surface area (Å²) in [5.41, 5.74) is 5.55. The van der Waals surface area contributed by atoms with Crippen LogP contribution in [0.4, 0.5) is 6.01 Å². The van der Waals surface area contributed by atoms with Gasteiger partial charge in [-0.2, -0.15) is 0 Å². The third-order valence-electron chi connectivity index (χ3n) is 1.68. The van der Waals surface area contributed by atoms with Gasteiger partial charge in [0.05, 0.1) is 12.6 Å². The molecular weight excluding hydrogens is 210 g/mol. The second-order valence-electron chi connectivity index (χ2n) is 3.81. The number of aromatic nitrogens is 2. The van der Waals surface area contributed by atoms with Crippen LogP contribution in [0.15, 0.2) is 4.42 Å². The molecule has 16 heavy (non-hydrogen) atoms. The van der Waals surface area contributed by atoms with Crippen LogP contribution in [0.1, 0.15) is 32.7 Å². The zero-order chi connectivity index (χ0) is 12.1. The van der Waals surface area contributed by atoms with Crippen LogP contribution in [0, 0.1) is 0 Å². The molecule has 0 saturated heterocycles. The van der Waals surface area contributed by atoms with E-state index in [1.807, 2.05) is 13.8 Å². The van der Waals surface area contributed by atoms with Gasteiger partial charge in [0.1, 0.15) is 0 Å². The number of rotatable bonds is 5. The van der Waals surface area contributed by atoms with Gasteiger partial charge in [0.25, 0.3) is 0 Å². The van der Waals surface area contributed by atoms with Crippen molar-refractivity contribution < 1.29 is 9.21 Å². The van der Waals surface area contributed by atoms with Gasteiger partial charge in [-0.3, -0.25) is 4.79 Å². The first-order chi connectivity index (χ1) is 7.49. The molecule has 1 aromatic rings. The summed E-state index contributed by atoms with van der Waals surface area (Å²) in [4.78, 5) is 11.3. The van der Waals surface area contributed by atoms with Crippen LogP contribution in [0.2, 0.25) is 0 Å². The molecule has 1 rings (SSSR count). The van der Waals surface area contributed by atoms with Crippen molar-refractivity contribution in [1.29, 1.82) is 0 Å². The molecule has 0 spiro atoms. The molecule has 0 aromatic carbocycles. The highest BCUT2D eigenvalue weighted by atomic mass is 16.4. The number of nitrogens with one attached hydrogen (secondary N) is 2. The summed E-state index contributed by atoms with van der Waals surface area (Å²) in [7, 11) is 0. The highest BCUT2D eigenvalue weighted by Gasteiger charge is 2.10. The molecule has 1 atom stereocenters. The molecule has 0 aliphatic rings. The highest BCUT2D eigenvalue weighted by molar-refractivity contribution is 5.80. The molecule has 90 valence electrons. The fourth-order valence-corrected chi connectivity index (χ4v) is 1.02. The van der Waals surface area contributed by atoms with Crippen molar-refractivity contribution in [2.45, 2.75) is 32.9 Å². The monoisotopic (exact) mass is 227 g/mol. The zero-order valence-corrected chi connectivity index (χ0v) is 9.65. The maximum atomic E-state index is 11.3. The maximum absolute atomic E-state index is 11.3. The van der Waals surface area contributed by atoms with E-state index >= 15 is 0 Å². The van der Waals surface area contributed by atoms with Crippen molar-refractivity contribution in [2.75, 3.05) is 11.9 Å². The SMILES string of the molecule is CC(C)NC(=O)CNc1nnc(C(C)N)o1. The summed E-state index contributed by atoms with van der Waals surface area (Å²) in [6.07, 6.45) is 0. The van der Waals surface area contributed by atoms with E-state index < -0.39 is 0 Å². The van der Waals surface area contributed by atoms with E-state index in [0.717, 1.165) is 0 Å². The number of hydrogen-bond acceptors (Lipinski definition) is 6. The normalized spacial score (nSPS) is 12.6. The molecule has 0 aliphatic carbocycles. The number of hydrogen-bond donors (Lipinski definition) is 3. The Morgan fingerprint density at radius 1 is 1.44 bits per heavy atom. The molecule has 7 heteroatoms. The number of anilines is 1. The predicted molar refractivity (Wildman–Crippen MR) is 58.7 cm³/mol. The molecule has 1 heterocycles. The minimum absolute atomic E-state index is 0.0960. The van der Waals surface area contributed by atoms with Crippen LogP contribution in [-0.2, 0) is 4.79 Å². The third kappa shape index (κ3) is 3.85. The average molecular weight is 227 g/mol. The number of carbonyl (C=O) groups is 1. The molecule has 0 radical (unpaired) electrons. The lowest BCUT2D eigenvalue weighted by Gasteiger charge is -2.07. The number of amides is 1. The van der Waals surface area contributed by atoms with Gasteiger partial charge in [-0.15, -0.1) is 5.10 Å². The Morgan fingerprint density at radius 3 is 2.62 bits per heavy atom. The molecule has 1 aromatic heterocycles. The van der Waals surface area contributed by atoms with Crippen molar-refractivity contribution >= 4 is 11.9 Å². The second kappa shape index (κ2) is 5.45. The summed E-state index contributed by atoms with van der Waals surface area (Å²) in [6, 6.07) is -0.00430. The van der Waals surface area contributed by atoms with E-state index in [4.69, 9.17) is 10.2 Å². The first kappa shape index (κ1) is 12.4. The van der Waals surface area contributed by atoms with Crippen LogP contribution >= 0.6 is 0 Å². The van der Waals surface area contributed by atoms with E-state index in [9.17, 15) is 4.79 Å². The summed E-state index contributed by atoms with van der Waals surface area (Å²) in [5, 5.41) is 12.9. The molecule has 0 aliphatic heterocycles. The van der Waals surface area contributed by atoms with Gasteiger partial charge in [-0.25, -0.2) is 0 Å². The van der Waals surface area contributed by atoms with Gasteiger partial charge >= 0.3 is 6.01 Å². The molecule has 0 bridgehead atoms. The Bertz CT molecular complexity index is 347. The molecule has 4 N–H and O–H groups in total. The molecule has 7 nitrogen and oxygen atoms in total. The van der Waals surface area contributed by atoms with Crippen molar-refractivity contribution in [1.82, 2.24) is 15.5 Å². The number of nitrogens with zero attached hydrogens (tertiary/aromatic N) is 2. The first-order valence-corrected chi connectivity index (χ1v) is 5.11. The Balaban J connectivity index is 2.39. The van der Waals surface area contributed by atoms with Crippen molar-refractivity contribution in [3.8, 4) is 0 Å². The Hall–Kier alpha value is -1.63. The predicted octanol–water partition coefficient (Wildman–Crippen LogP) is 0.0258. The zero-order valence-electron chi connectivity index (χ0n) is 9.65. The average Bonchev–Trinajstić information content (AvgIpc) is 2.61. The Labute approximate surface area is 93.8 Å². The standard InChI is InChI=1S/C9H17N5O2/c1-5(2)12-7(15)4-11-9-14-13-8(16-9)6(3)10/h5-6H,4,10H2,1-3H3,(H,11,14)(H,12,15). The lowest BCUT2D eigenvalue weighted by atomic mass is 10.4. The van der Waals surface area contributed by atoms with Crippen LogP contribution < -0.4 is 16.4 Å². The lowest BCUT2D eigenvalue weighted by molar-refractivity contribution is -0.119. The van der Waals surface area contributed by atoms with E-state index in [0.29, 0.717) is 5.89 Å². The van der Waals surface area contributed by atoms with E-state index in [1.165, 1.54) is 0 Å². The molecule has 1 unspecified atom stereocenters. The summed E-state index contributed by atoms with van der Waals surface area (Å²) in [5.74, 6) is 0.210. The van der Waals surface area contributed by atoms with Gasteiger partial charge in [0, 0.05) is 6.04 Å². The first-order valence-electron chi connectivity index (χ1n) is 5.11. The minimum Gasteiger partial charge on any atom is -0.406 e. The molecular formula is C9H17N5O2. The second-order valence-corrected chi connectivity index (χ2v) is 3.81. The number of carbonyl (C=O) groups excluding carboxylic acids is 1. The largest absolute Gasteiger partial charge is 0.406 e. The van der Waals surface area contributed by atoms with Gasteiger partial charge in [0.15, 0.2) is 0 Å². The summed E-state index contributed by atoms with van der Waals surface area (Å²) in [6.45, 7) is 5.61. The van der Waals surface area contributed by atoms with Crippen LogP contribution in [0.5, 0.6) is 0 Å². The van der Waals surface area contributed by atoms with Crippen LogP contribution in [0.3, 0.4) is 0 Å². The molecule has 1 amide bonds. The van der Waals surface area contributed by atoms with Crippen molar-refractivity contribution in [2.24, 2.45) is 5.73 Å². The topological polar surface area (TPSA) is 106 Å². The fraction of sp³-hybridized carbons (Fsp3) is 0.667. The van der Waals surface area contributed by atoms with E-state index in [2.05, 4.69) is 20.8 Å². The molecule has 0 saturated carbocycles. The number of nitrogens with two attached hydrogens (primary N) is 1. The van der Waals surface area contributed by atoms with Crippen molar-refractivity contribution in [3.63, 3.8) is 0 Å². The third-order valence-corrected chi connectivity index (χ3v) is 1.68. The highest BCUT2D eigenvalue weighted by Crippen LogP contribution is 2.10. The van der Waals surface area contributed by atoms with E-state index in [-0.39, 0.29) is 30.6 Å². The Kier molecular flexibility index (Phi) is 4.24. The van der Waals surface area contributed by atoms with Gasteiger partial charge in [-0.05, 0) is 20.8 Å². The minimum atomic E-state index is -0.312. The van der Waals surface area contributed by atoms with Crippen LogP contribution in [-0.4, -0.2) is 28.7 Å². The van der Waals surface area contributed by atoms with Crippen molar-refractivity contribution in [3.05, 3.63) is 5.89 Å². The maximum Gasteiger partial charge on any atom is 0.315 e. The lowest BCUT2D eigenvalue weighted by Crippen LogP contribution is -2.34. The fourth-order valence-electron chi connectivity index (χ4n) is 1.02. The van der Waals surface area contributed by atoms with Gasteiger partial charge in [-0.1, -0.05) is 5.10 Å². The van der Waals surface area contributed by atoms with Gasteiger partial charge in [0.2, 0.25) is 11.8 Å². The molecule has 0 fully saturated rings. The Morgan fingerprint density at radius 2 is 2.12 bits per heavy atom. The van der Waals surface area contributed by atoms with Crippen LogP contribution in [0.25, 0.3) is 0 Å². The summed E-state index contributed by atoms with van der Waals surface area (Å²) < 4.78 is 5.16. The van der Waals surface area contributed by atoms with Gasteiger partial charge < -0.3 is 20.8 Å².